The Bertz CT molecular complexity index is 854. The van der Waals surface area contributed by atoms with Gasteiger partial charge in [-0.25, -0.2) is 4.79 Å². The molecule has 2 saturated heterocycles. The van der Waals surface area contributed by atoms with Crippen molar-refractivity contribution in [3.05, 3.63) is 59.9 Å². The Morgan fingerprint density at radius 1 is 1.00 bits per heavy atom. The van der Waals surface area contributed by atoms with Crippen molar-refractivity contribution in [2.24, 2.45) is 5.92 Å². The number of likely N-dealkylation sites (tertiary alicyclic amines) is 2. The number of amides is 3. The van der Waals surface area contributed by atoms with Crippen LogP contribution in [0, 0.1) is 5.92 Å². The highest BCUT2D eigenvalue weighted by atomic mass is 16.2. The maximum atomic E-state index is 12.4. The van der Waals surface area contributed by atoms with Crippen LogP contribution in [0.5, 0.6) is 0 Å². The summed E-state index contributed by atoms with van der Waals surface area (Å²) in [5.41, 5.74) is 3.20. The Kier molecular flexibility index (Phi) is 5.51. The molecule has 0 saturated carbocycles. The van der Waals surface area contributed by atoms with E-state index in [1.807, 2.05) is 34.2 Å². The van der Waals surface area contributed by atoms with Gasteiger partial charge in [-0.3, -0.25) is 9.78 Å². The number of urea groups is 1. The van der Waals surface area contributed by atoms with Gasteiger partial charge in [0.15, 0.2) is 0 Å². The highest BCUT2D eigenvalue weighted by Gasteiger charge is 2.33. The van der Waals surface area contributed by atoms with E-state index in [1.165, 1.54) is 11.1 Å². The second kappa shape index (κ2) is 8.23. The zero-order valence-electron chi connectivity index (χ0n) is 17.0. The third kappa shape index (κ3) is 4.42. The normalized spacial score (nSPS) is 17.1. The smallest absolute Gasteiger partial charge is 0.321 e. The Labute approximate surface area is 171 Å². The van der Waals surface area contributed by atoms with E-state index in [0.717, 1.165) is 31.9 Å². The lowest BCUT2D eigenvalue weighted by Crippen LogP contribution is -2.50. The van der Waals surface area contributed by atoms with Crippen molar-refractivity contribution in [3.8, 4) is 0 Å². The van der Waals surface area contributed by atoms with E-state index in [1.54, 1.807) is 6.20 Å². The summed E-state index contributed by atoms with van der Waals surface area (Å²) in [7, 11) is 0. The third-order valence-corrected chi connectivity index (χ3v) is 5.78. The molecule has 0 bridgehead atoms. The van der Waals surface area contributed by atoms with Crippen molar-refractivity contribution in [2.75, 3.05) is 31.5 Å². The number of hydrogen-bond acceptors (Lipinski definition) is 3. The van der Waals surface area contributed by atoms with Crippen LogP contribution in [0.1, 0.15) is 43.2 Å². The summed E-state index contributed by atoms with van der Waals surface area (Å²) in [4.78, 5) is 32.4. The molecule has 2 aliphatic heterocycles. The van der Waals surface area contributed by atoms with Gasteiger partial charge < -0.3 is 15.1 Å². The van der Waals surface area contributed by atoms with Gasteiger partial charge in [-0.05, 0) is 35.2 Å². The highest BCUT2D eigenvalue weighted by molar-refractivity contribution is 5.90. The maximum absolute atomic E-state index is 12.4. The predicted octanol–water partition coefficient (Wildman–Crippen LogP) is 3.68. The van der Waals surface area contributed by atoms with Crippen molar-refractivity contribution < 1.29 is 9.59 Å². The van der Waals surface area contributed by atoms with Crippen LogP contribution >= 0.6 is 0 Å². The largest absolute Gasteiger partial charge is 0.341 e. The van der Waals surface area contributed by atoms with Gasteiger partial charge in [0.1, 0.15) is 0 Å². The van der Waals surface area contributed by atoms with Crippen LogP contribution in [0.25, 0.3) is 0 Å². The molecule has 152 valence electrons. The van der Waals surface area contributed by atoms with Gasteiger partial charge in [-0.2, -0.15) is 0 Å². The molecule has 0 radical (unpaired) electrons. The van der Waals surface area contributed by atoms with E-state index in [2.05, 4.69) is 42.3 Å². The maximum Gasteiger partial charge on any atom is 0.321 e. The number of nitrogens with zero attached hydrogens (tertiary/aromatic N) is 3. The Morgan fingerprint density at radius 2 is 1.66 bits per heavy atom. The fourth-order valence-corrected chi connectivity index (χ4v) is 3.89. The van der Waals surface area contributed by atoms with Gasteiger partial charge in [0.2, 0.25) is 5.91 Å². The molecule has 2 fully saturated rings. The van der Waals surface area contributed by atoms with Gasteiger partial charge in [-0.1, -0.05) is 32.0 Å². The Hall–Kier alpha value is -2.89. The topological polar surface area (TPSA) is 65.5 Å². The molecule has 0 spiro atoms. The van der Waals surface area contributed by atoms with Crippen molar-refractivity contribution in [1.29, 1.82) is 0 Å². The second-order valence-corrected chi connectivity index (χ2v) is 8.53. The molecule has 6 heteroatoms. The molecule has 3 amide bonds. The standard InChI is InChI=1S/C23H28N4O2/c1-16(2)10-22(28)26-12-19(13-26)17-5-7-21(8-6-17)25-23(29)27-14-20(15-27)18-4-3-9-24-11-18/h3-9,11,16,19-20H,10,12-15H2,1-2H3,(H,25,29). The van der Waals surface area contributed by atoms with Crippen molar-refractivity contribution in [2.45, 2.75) is 32.1 Å². The molecule has 1 N–H and O–H groups in total. The van der Waals surface area contributed by atoms with Gasteiger partial charge in [0.25, 0.3) is 0 Å². The molecule has 2 aliphatic rings. The number of anilines is 1. The van der Waals surface area contributed by atoms with E-state index >= 15 is 0 Å². The van der Waals surface area contributed by atoms with Crippen LogP contribution < -0.4 is 5.32 Å². The SMILES string of the molecule is CC(C)CC(=O)N1CC(c2ccc(NC(=O)N3CC(c4cccnc4)C3)cc2)C1. The number of nitrogens with one attached hydrogen (secondary N) is 1. The zero-order chi connectivity index (χ0) is 20.4. The first-order valence-electron chi connectivity index (χ1n) is 10.3. The number of carbonyl (C=O) groups is 2. The third-order valence-electron chi connectivity index (χ3n) is 5.78. The summed E-state index contributed by atoms with van der Waals surface area (Å²) < 4.78 is 0. The number of pyridine rings is 1. The average molecular weight is 393 g/mol. The summed E-state index contributed by atoms with van der Waals surface area (Å²) in [5.74, 6) is 1.41. The molecule has 0 unspecified atom stereocenters. The van der Waals surface area contributed by atoms with E-state index in [4.69, 9.17) is 0 Å². The first kappa shape index (κ1) is 19.4. The Morgan fingerprint density at radius 3 is 2.28 bits per heavy atom. The highest BCUT2D eigenvalue weighted by Crippen LogP contribution is 2.30. The van der Waals surface area contributed by atoms with Crippen LogP contribution in [-0.4, -0.2) is 52.9 Å². The molecule has 1 aromatic carbocycles. The molecule has 6 nitrogen and oxygen atoms in total. The quantitative estimate of drug-likeness (QED) is 0.844. The molecular weight excluding hydrogens is 364 g/mol. The Balaban J connectivity index is 1.23. The lowest BCUT2D eigenvalue weighted by atomic mass is 9.90. The van der Waals surface area contributed by atoms with Crippen molar-refractivity contribution in [1.82, 2.24) is 14.8 Å². The van der Waals surface area contributed by atoms with Crippen molar-refractivity contribution >= 4 is 17.6 Å². The fourth-order valence-electron chi connectivity index (χ4n) is 3.89. The van der Waals surface area contributed by atoms with Crippen molar-refractivity contribution in [3.63, 3.8) is 0 Å². The molecule has 3 heterocycles. The minimum Gasteiger partial charge on any atom is -0.341 e. The molecule has 0 aliphatic carbocycles. The van der Waals surface area contributed by atoms with Crippen LogP contribution in [0.2, 0.25) is 0 Å². The number of aromatic nitrogens is 1. The summed E-state index contributed by atoms with van der Waals surface area (Å²) >= 11 is 0. The number of benzene rings is 1. The van der Waals surface area contributed by atoms with Crippen LogP contribution in [-0.2, 0) is 4.79 Å². The molecule has 29 heavy (non-hydrogen) atoms. The van der Waals surface area contributed by atoms with Gasteiger partial charge in [-0.15, -0.1) is 0 Å². The fraction of sp³-hybridized carbons (Fsp3) is 0.435. The lowest BCUT2D eigenvalue weighted by molar-refractivity contribution is -0.136. The van der Waals surface area contributed by atoms with E-state index in [9.17, 15) is 9.59 Å². The van der Waals surface area contributed by atoms with Gasteiger partial charge in [0, 0.05) is 62.5 Å². The van der Waals surface area contributed by atoms with E-state index in [0.29, 0.717) is 24.2 Å². The number of carbonyl (C=O) groups excluding carboxylic acids is 2. The molecule has 4 rings (SSSR count). The van der Waals surface area contributed by atoms with Gasteiger partial charge >= 0.3 is 6.03 Å². The van der Waals surface area contributed by atoms with Gasteiger partial charge in [0.05, 0.1) is 0 Å². The summed E-state index contributed by atoms with van der Waals surface area (Å²) in [6, 6.07) is 11.9. The minimum absolute atomic E-state index is 0.0630. The summed E-state index contributed by atoms with van der Waals surface area (Å²) in [6.45, 7) is 7.17. The minimum atomic E-state index is -0.0630. The average Bonchev–Trinajstić information content (AvgIpc) is 2.61. The number of hydrogen-bond donors (Lipinski definition) is 1. The van der Waals surface area contributed by atoms with E-state index in [-0.39, 0.29) is 11.9 Å². The molecule has 0 atom stereocenters. The first-order valence-corrected chi connectivity index (χ1v) is 10.3. The van der Waals surface area contributed by atoms with Crippen LogP contribution in [0.3, 0.4) is 0 Å². The monoisotopic (exact) mass is 392 g/mol. The lowest BCUT2D eigenvalue weighted by Gasteiger charge is -2.40. The first-order chi connectivity index (χ1) is 14.0. The van der Waals surface area contributed by atoms with Crippen LogP contribution in [0.15, 0.2) is 48.8 Å². The van der Waals surface area contributed by atoms with Crippen LogP contribution in [0.4, 0.5) is 10.5 Å². The molecule has 1 aromatic heterocycles. The predicted molar refractivity (Wildman–Crippen MR) is 113 cm³/mol. The molecular formula is C23H28N4O2. The molecule has 2 aromatic rings. The second-order valence-electron chi connectivity index (χ2n) is 8.53. The van der Waals surface area contributed by atoms with E-state index < -0.39 is 0 Å². The summed E-state index contributed by atoms with van der Waals surface area (Å²) in [6.07, 6.45) is 4.26. The zero-order valence-corrected chi connectivity index (χ0v) is 17.0. The summed E-state index contributed by atoms with van der Waals surface area (Å²) in [5, 5.41) is 2.97. The number of rotatable bonds is 5.